The van der Waals surface area contributed by atoms with Crippen molar-refractivity contribution in [3.05, 3.63) is 65.9 Å². The summed E-state index contributed by atoms with van der Waals surface area (Å²) in [4.78, 5) is 31.6. The molecule has 36 heavy (non-hydrogen) atoms. The van der Waals surface area contributed by atoms with Gasteiger partial charge in [0.25, 0.3) is 5.91 Å². The Morgan fingerprint density at radius 2 is 1.86 bits per heavy atom. The Morgan fingerprint density at radius 3 is 2.58 bits per heavy atom. The number of carbonyl (C=O) groups is 2. The second kappa shape index (κ2) is 10.8. The number of carbonyl (C=O) groups excluding carboxylic acids is 2. The van der Waals surface area contributed by atoms with Crippen LogP contribution in [-0.4, -0.2) is 80.7 Å². The average molecular weight is 512 g/mol. The lowest BCUT2D eigenvalue weighted by atomic mass is 9.92. The third-order valence-corrected chi connectivity index (χ3v) is 8.37. The molecular formula is C26H33N5O4S. The number of H-pyrrole nitrogens is 1. The molecule has 0 radical (unpaired) electrons. The van der Waals surface area contributed by atoms with Crippen LogP contribution < -0.4 is 10.6 Å². The van der Waals surface area contributed by atoms with E-state index in [-0.39, 0.29) is 29.8 Å². The molecule has 3 N–H and O–H groups in total. The second-order valence-corrected chi connectivity index (χ2v) is 11.5. The number of rotatable bonds is 8. The van der Waals surface area contributed by atoms with Crippen molar-refractivity contribution in [2.75, 3.05) is 40.3 Å². The number of sulfonamides is 1. The van der Waals surface area contributed by atoms with Crippen LogP contribution >= 0.6 is 0 Å². The predicted molar refractivity (Wildman–Crippen MR) is 139 cm³/mol. The maximum absolute atomic E-state index is 13.2. The van der Waals surface area contributed by atoms with E-state index in [0.717, 1.165) is 16.5 Å². The third kappa shape index (κ3) is 5.77. The summed E-state index contributed by atoms with van der Waals surface area (Å²) in [5.41, 5.74) is 2.35. The molecule has 0 unspecified atom stereocenters. The lowest BCUT2D eigenvalue weighted by Gasteiger charge is -2.37. The number of hydrogen-bond donors (Lipinski definition) is 3. The molecule has 2 amide bonds. The minimum Gasteiger partial charge on any atom is -0.354 e. The minimum absolute atomic E-state index is 0.0120. The van der Waals surface area contributed by atoms with Gasteiger partial charge in [0.1, 0.15) is 5.69 Å². The van der Waals surface area contributed by atoms with Gasteiger partial charge in [-0.15, -0.1) is 0 Å². The Kier molecular flexibility index (Phi) is 7.77. The molecule has 0 aliphatic carbocycles. The van der Waals surface area contributed by atoms with E-state index in [0.29, 0.717) is 25.2 Å². The van der Waals surface area contributed by atoms with Crippen LogP contribution in [0.2, 0.25) is 0 Å². The molecule has 1 aliphatic heterocycles. The first kappa shape index (κ1) is 25.9. The molecule has 0 saturated carbocycles. The van der Waals surface area contributed by atoms with Crippen molar-refractivity contribution in [2.24, 2.45) is 5.92 Å². The first-order valence-electron chi connectivity index (χ1n) is 12.0. The topological polar surface area (TPSA) is 115 Å². The number of hydrogen-bond acceptors (Lipinski definition) is 5. The number of likely N-dealkylation sites (N-methyl/N-ethyl adjacent to an activating group) is 1. The van der Waals surface area contributed by atoms with Gasteiger partial charge in [-0.2, -0.15) is 4.31 Å². The molecule has 0 spiro atoms. The van der Waals surface area contributed by atoms with Gasteiger partial charge in [0.2, 0.25) is 15.9 Å². The summed E-state index contributed by atoms with van der Waals surface area (Å²) < 4.78 is 27.8. The van der Waals surface area contributed by atoms with Crippen LogP contribution in [0.15, 0.2) is 59.5 Å². The Morgan fingerprint density at radius 1 is 1.11 bits per heavy atom. The van der Waals surface area contributed by atoms with E-state index in [4.69, 9.17) is 0 Å². The molecule has 1 aliphatic rings. The number of piperidine rings is 1. The van der Waals surface area contributed by atoms with Crippen LogP contribution in [0.4, 0.5) is 0 Å². The number of aromatic nitrogens is 1. The highest BCUT2D eigenvalue weighted by Crippen LogP contribution is 2.25. The van der Waals surface area contributed by atoms with Gasteiger partial charge in [0.15, 0.2) is 0 Å². The third-order valence-electron chi connectivity index (χ3n) is 6.49. The van der Waals surface area contributed by atoms with Crippen molar-refractivity contribution in [2.45, 2.75) is 24.3 Å². The maximum atomic E-state index is 13.2. The van der Waals surface area contributed by atoms with Gasteiger partial charge in [0, 0.05) is 43.1 Å². The molecule has 9 nitrogen and oxygen atoms in total. The summed E-state index contributed by atoms with van der Waals surface area (Å²) in [7, 11) is 0.0554. The molecule has 4 rings (SSSR count). The van der Waals surface area contributed by atoms with Gasteiger partial charge >= 0.3 is 0 Å². The van der Waals surface area contributed by atoms with Crippen LogP contribution in [0.1, 0.15) is 22.5 Å². The van der Waals surface area contributed by atoms with Gasteiger partial charge in [-0.1, -0.05) is 29.8 Å². The van der Waals surface area contributed by atoms with E-state index in [1.54, 1.807) is 36.4 Å². The highest BCUT2D eigenvalue weighted by atomic mass is 32.2. The number of amides is 2. The number of nitrogens with zero attached hydrogens (tertiary/aromatic N) is 2. The van der Waals surface area contributed by atoms with E-state index < -0.39 is 22.0 Å². The summed E-state index contributed by atoms with van der Waals surface area (Å²) >= 11 is 0. The largest absolute Gasteiger partial charge is 0.354 e. The highest BCUT2D eigenvalue weighted by molar-refractivity contribution is 7.89. The first-order chi connectivity index (χ1) is 17.1. The summed E-state index contributed by atoms with van der Waals surface area (Å²) in [6, 6.07) is 15.4. The van der Waals surface area contributed by atoms with Gasteiger partial charge < -0.3 is 20.5 Å². The van der Waals surface area contributed by atoms with Crippen molar-refractivity contribution < 1.29 is 18.0 Å². The zero-order chi connectivity index (χ0) is 25.9. The van der Waals surface area contributed by atoms with E-state index in [1.807, 2.05) is 44.1 Å². The molecule has 2 aromatic carbocycles. The van der Waals surface area contributed by atoms with Crippen LogP contribution in [0.25, 0.3) is 10.9 Å². The molecule has 1 fully saturated rings. The van der Waals surface area contributed by atoms with E-state index >= 15 is 0 Å². The average Bonchev–Trinajstić information content (AvgIpc) is 3.28. The van der Waals surface area contributed by atoms with Crippen molar-refractivity contribution >= 4 is 32.7 Å². The molecule has 2 heterocycles. The molecule has 0 bridgehead atoms. The van der Waals surface area contributed by atoms with E-state index in [9.17, 15) is 18.0 Å². The van der Waals surface area contributed by atoms with Crippen molar-refractivity contribution in [1.82, 2.24) is 24.8 Å². The van der Waals surface area contributed by atoms with Gasteiger partial charge in [-0.25, -0.2) is 8.42 Å². The summed E-state index contributed by atoms with van der Waals surface area (Å²) in [5.74, 6) is -1.32. The first-order valence-corrected chi connectivity index (χ1v) is 13.5. The summed E-state index contributed by atoms with van der Waals surface area (Å²) in [6.45, 7) is 3.26. The fraction of sp³-hybridized carbons (Fsp3) is 0.385. The number of fused-ring (bicyclic) bond motifs is 1. The zero-order valence-electron chi connectivity index (χ0n) is 20.8. The van der Waals surface area contributed by atoms with Gasteiger partial charge in [-0.3, -0.25) is 9.59 Å². The Bertz CT molecular complexity index is 1340. The normalized spacial score (nSPS) is 18.9. The van der Waals surface area contributed by atoms with Gasteiger partial charge in [-0.05, 0) is 57.8 Å². The zero-order valence-corrected chi connectivity index (χ0v) is 21.6. The monoisotopic (exact) mass is 511 g/mol. The van der Waals surface area contributed by atoms with E-state index in [2.05, 4.69) is 15.6 Å². The lowest BCUT2D eigenvalue weighted by Crippen LogP contribution is -2.57. The molecule has 192 valence electrons. The fourth-order valence-corrected chi connectivity index (χ4v) is 5.98. The van der Waals surface area contributed by atoms with Crippen LogP contribution in [0, 0.1) is 12.8 Å². The Hall–Kier alpha value is -3.21. The molecule has 2 atom stereocenters. The predicted octanol–water partition coefficient (Wildman–Crippen LogP) is 1.96. The molecular weight excluding hydrogens is 478 g/mol. The molecule has 10 heteroatoms. The SMILES string of the molecule is Cc1ccc2[nH]c(C(=O)N[C@H]3CCN(S(=O)(=O)c4ccccc4)C[C@@H]3C(=O)NCCN(C)C)cc2c1. The number of aryl methyl sites for hydroxylation is 1. The van der Waals surface area contributed by atoms with Gasteiger partial charge in [0.05, 0.1) is 10.8 Å². The highest BCUT2D eigenvalue weighted by Gasteiger charge is 2.40. The van der Waals surface area contributed by atoms with Crippen molar-refractivity contribution in [3.63, 3.8) is 0 Å². The molecule has 3 aromatic rings. The summed E-state index contributed by atoms with van der Waals surface area (Å²) in [6.07, 6.45) is 0.322. The Labute approximate surface area is 211 Å². The molecule has 1 saturated heterocycles. The Balaban J connectivity index is 1.53. The summed E-state index contributed by atoms with van der Waals surface area (Å²) in [5, 5.41) is 6.83. The quantitative estimate of drug-likeness (QED) is 0.428. The number of aromatic amines is 1. The van der Waals surface area contributed by atoms with Crippen LogP contribution in [0.5, 0.6) is 0 Å². The maximum Gasteiger partial charge on any atom is 0.267 e. The molecule has 1 aromatic heterocycles. The standard InChI is InChI=1S/C26H33N5O4S/c1-18-9-10-22-19(15-18)16-24(28-22)26(33)29-23-11-13-31(36(34,35)20-7-5-4-6-8-20)17-21(23)25(32)27-12-14-30(2)3/h4-10,15-16,21,23,28H,11-14,17H2,1-3H3,(H,27,32)(H,29,33)/t21-,23-/m0/s1. The number of nitrogens with one attached hydrogen (secondary N) is 3. The number of benzene rings is 2. The van der Waals surface area contributed by atoms with Crippen molar-refractivity contribution in [3.8, 4) is 0 Å². The smallest absolute Gasteiger partial charge is 0.267 e. The minimum atomic E-state index is -3.76. The lowest BCUT2D eigenvalue weighted by molar-refractivity contribution is -0.126. The van der Waals surface area contributed by atoms with E-state index in [1.165, 1.54) is 4.31 Å². The van der Waals surface area contributed by atoms with Crippen LogP contribution in [-0.2, 0) is 14.8 Å². The van der Waals surface area contributed by atoms with Crippen LogP contribution in [0.3, 0.4) is 0 Å². The van der Waals surface area contributed by atoms with Crippen molar-refractivity contribution in [1.29, 1.82) is 0 Å². The second-order valence-electron chi connectivity index (χ2n) is 9.52. The fourth-order valence-electron chi connectivity index (χ4n) is 4.47.